The zero-order valence-corrected chi connectivity index (χ0v) is 15.2. The summed E-state index contributed by atoms with van der Waals surface area (Å²) in [6, 6.07) is 10.5. The van der Waals surface area contributed by atoms with Crippen LogP contribution in [0, 0.1) is 0 Å². The molecule has 2 aromatic rings. The number of fused-ring (bicyclic) bond motifs is 1. The first kappa shape index (κ1) is 18.4. The van der Waals surface area contributed by atoms with Crippen LogP contribution >= 0.6 is 0 Å². The van der Waals surface area contributed by atoms with Gasteiger partial charge in [0.05, 0.1) is 27.5 Å². The molecule has 27 heavy (non-hydrogen) atoms. The number of hydrogen-bond acceptors (Lipinski definition) is 7. The van der Waals surface area contributed by atoms with Gasteiger partial charge in [-0.25, -0.2) is 5.43 Å². The molecule has 0 aliphatic carbocycles. The number of methoxy groups -OCH3 is 3. The molecule has 1 aliphatic rings. The number of nitrogens with zero attached hydrogens (tertiary/aromatic N) is 1. The predicted molar refractivity (Wildman–Crippen MR) is 98.2 cm³/mol. The number of carbonyl (C=O) groups excluding carboxylic acids is 1. The van der Waals surface area contributed by atoms with Crippen molar-refractivity contribution in [3.05, 3.63) is 42.0 Å². The number of ether oxygens (including phenoxy) is 5. The van der Waals surface area contributed by atoms with Gasteiger partial charge in [0.1, 0.15) is 12.4 Å². The molecule has 1 unspecified atom stereocenters. The predicted octanol–water partition coefficient (Wildman–Crippen LogP) is 2.00. The van der Waals surface area contributed by atoms with E-state index >= 15 is 0 Å². The standard InChI is InChI=1S/C19H20N2O6/c1-23-15-9-17(25-3)16(24-2)8-12(15)10-20-21-19(22)18-11-26-13-6-4-5-7-14(13)27-18/h4-10,18H,11H2,1-3H3,(H,21,22). The number of carbonyl (C=O) groups is 1. The Morgan fingerprint density at radius 2 is 1.74 bits per heavy atom. The van der Waals surface area contributed by atoms with Crippen molar-refractivity contribution in [3.8, 4) is 28.7 Å². The molecule has 0 spiro atoms. The average Bonchev–Trinajstić information content (AvgIpc) is 2.72. The van der Waals surface area contributed by atoms with Gasteiger partial charge in [-0.15, -0.1) is 0 Å². The minimum Gasteiger partial charge on any atom is -0.496 e. The maximum atomic E-state index is 12.3. The second kappa shape index (κ2) is 8.31. The molecule has 1 amide bonds. The van der Waals surface area contributed by atoms with Crippen molar-refractivity contribution < 1.29 is 28.5 Å². The minimum atomic E-state index is -0.788. The summed E-state index contributed by atoms with van der Waals surface area (Å²) in [5, 5.41) is 3.98. The lowest BCUT2D eigenvalue weighted by Gasteiger charge is -2.24. The summed E-state index contributed by atoms with van der Waals surface area (Å²) in [6.07, 6.45) is 0.667. The smallest absolute Gasteiger partial charge is 0.284 e. The maximum Gasteiger partial charge on any atom is 0.284 e. The average molecular weight is 372 g/mol. The van der Waals surface area contributed by atoms with E-state index < -0.39 is 12.0 Å². The lowest BCUT2D eigenvalue weighted by molar-refractivity contribution is -0.130. The van der Waals surface area contributed by atoms with Crippen molar-refractivity contribution in [2.45, 2.75) is 6.10 Å². The highest BCUT2D eigenvalue weighted by Gasteiger charge is 2.27. The van der Waals surface area contributed by atoms with Crippen molar-refractivity contribution in [2.24, 2.45) is 5.10 Å². The molecule has 0 bridgehead atoms. The van der Waals surface area contributed by atoms with Crippen LogP contribution in [0.25, 0.3) is 0 Å². The third-order valence-electron chi connectivity index (χ3n) is 3.92. The number of nitrogens with one attached hydrogen (secondary N) is 1. The molecule has 0 fully saturated rings. The Balaban J connectivity index is 1.68. The number of benzene rings is 2. The first-order valence-electron chi connectivity index (χ1n) is 8.17. The van der Waals surface area contributed by atoms with E-state index in [2.05, 4.69) is 10.5 Å². The minimum absolute atomic E-state index is 0.109. The van der Waals surface area contributed by atoms with Crippen LogP contribution in [0.1, 0.15) is 5.56 Å². The lowest BCUT2D eigenvalue weighted by atomic mass is 10.2. The Morgan fingerprint density at radius 1 is 1.07 bits per heavy atom. The highest BCUT2D eigenvalue weighted by atomic mass is 16.6. The zero-order chi connectivity index (χ0) is 19.2. The number of para-hydroxylation sites is 2. The monoisotopic (exact) mass is 372 g/mol. The van der Waals surface area contributed by atoms with E-state index in [0.717, 1.165) is 0 Å². The summed E-state index contributed by atoms with van der Waals surface area (Å²) in [6.45, 7) is 0.109. The molecule has 8 nitrogen and oxygen atoms in total. The third kappa shape index (κ3) is 4.05. The Hall–Kier alpha value is -3.42. The second-order valence-corrected chi connectivity index (χ2v) is 5.55. The van der Waals surface area contributed by atoms with E-state index in [1.165, 1.54) is 27.5 Å². The highest BCUT2D eigenvalue weighted by molar-refractivity contribution is 5.87. The van der Waals surface area contributed by atoms with Crippen LogP contribution < -0.4 is 29.1 Å². The van der Waals surface area contributed by atoms with Crippen LogP contribution in [0.2, 0.25) is 0 Å². The van der Waals surface area contributed by atoms with E-state index in [9.17, 15) is 4.79 Å². The normalized spacial score (nSPS) is 15.3. The fraction of sp³-hybridized carbons (Fsp3) is 0.263. The number of hydrogen-bond donors (Lipinski definition) is 1. The number of rotatable bonds is 6. The molecule has 142 valence electrons. The molecule has 2 aromatic carbocycles. The van der Waals surface area contributed by atoms with Gasteiger partial charge < -0.3 is 23.7 Å². The molecule has 8 heteroatoms. The summed E-state index contributed by atoms with van der Waals surface area (Å²) >= 11 is 0. The molecule has 1 heterocycles. The summed E-state index contributed by atoms with van der Waals surface area (Å²) < 4.78 is 27.0. The topological polar surface area (TPSA) is 87.6 Å². The highest BCUT2D eigenvalue weighted by Crippen LogP contribution is 2.34. The van der Waals surface area contributed by atoms with Gasteiger partial charge in [-0.1, -0.05) is 12.1 Å². The largest absolute Gasteiger partial charge is 0.496 e. The summed E-state index contributed by atoms with van der Waals surface area (Å²) in [5.74, 6) is 2.29. The third-order valence-corrected chi connectivity index (χ3v) is 3.92. The van der Waals surface area contributed by atoms with Gasteiger partial charge in [0.2, 0.25) is 6.10 Å². The van der Waals surface area contributed by atoms with Gasteiger partial charge in [0, 0.05) is 11.6 Å². The fourth-order valence-electron chi connectivity index (χ4n) is 2.54. The molecular weight excluding hydrogens is 352 g/mol. The first-order valence-corrected chi connectivity index (χ1v) is 8.17. The molecule has 0 aromatic heterocycles. The Kier molecular flexibility index (Phi) is 5.65. The molecule has 1 atom stereocenters. The Bertz CT molecular complexity index is 852. The fourth-order valence-corrected chi connectivity index (χ4v) is 2.54. The van der Waals surface area contributed by atoms with E-state index in [1.54, 1.807) is 24.3 Å². The lowest BCUT2D eigenvalue weighted by Crippen LogP contribution is -2.42. The van der Waals surface area contributed by atoms with Crippen LogP contribution in [-0.2, 0) is 4.79 Å². The summed E-state index contributed by atoms with van der Waals surface area (Å²) in [5.41, 5.74) is 3.06. The molecule has 0 saturated heterocycles. The van der Waals surface area contributed by atoms with Crippen molar-refractivity contribution in [1.82, 2.24) is 5.43 Å². The van der Waals surface area contributed by atoms with E-state index in [-0.39, 0.29) is 6.61 Å². The molecule has 0 radical (unpaired) electrons. The van der Waals surface area contributed by atoms with Crippen LogP contribution in [0.3, 0.4) is 0 Å². The van der Waals surface area contributed by atoms with Crippen molar-refractivity contribution >= 4 is 12.1 Å². The van der Waals surface area contributed by atoms with Gasteiger partial charge in [0.15, 0.2) is 23.0 Å². The number of hydrazone groups is 1. The van der Waals surface area contributed by atoms with Crippen molar-refractivity contribution in [1.29, 1.82) is 0 Å². The SMILES string of the molecule is COc1cc(OC)c(OC)cc1C=NNC(=O)C1COc2ccccc2O1. The van der Waals surface area contributed by atoms with Gasteiger partial charge in [-0.05, 0) is 18.2 Å². The van der Waals surface area contributed by atoms with E-state index in [0.29, 0.717) is 34.3 Å². The molecule has 1 N–H and O–H groups in total. The van der Waals surface area contributed by atoms with E-state index in [4.69, 9.17) is 23.7 Å². The number of amides is 1. The van der Waals surface area contributed by atoms with Gasteiger partial charge in [-0.2, -0.15) is 5.10 Å². The zero-order valence-electron chi connectivity index (χ0n) is 15.2. The molecule has 1 aliphatic heterocycles. The maximum absolute atomic E-state index is 12.3. The van der Waals surface area contributed by atoms with Crippen LogP contribution in [-0.4, -0.2) is 46.2 Å². The van der Waals surface area contributed by atoms with Gasteiger partial charge >= 0.3 is 0 Å². The molecule has 3 rings (SSSR count). The van der Waals surface area contributed by atoms with Crippen LogP contribution in [0.5, 0.6) is 28.7 Å². The van der Waals surface area contributed by atoms with Crippen molar-refractivity contribution in [3.63, 3.8) is 0 Å². The Morgan fingerprint density at radius 3 is 2.44 bits per heavy atom. The Labute approximate surface area is 156 Å². The second-order valence-electron chi connectivity index (χ2n) is 5.55. The van der Waals surface area contributed by atoms with Gasteiger partial charge in [-0.3, -0.25) is 4.79 Å². The molecular formula is C19H20N2O6. The van der Waals surface area contributed by atoms with Crippen molar-refractivity contribution in [2.75, 3.05) is 27.9 Å². The van der Waals surface area contributed by atoms with E-state index in [1.807, 2.05) is 12.1 Å². The van der Waals surface area contributed by atoms with Gasteiger partial charge in [0.25, 0.3) is 5.91 Å². The summed E-state index contributed by atoms with van der Waals surface area (Å²) in [7, 11) is 4.60. The first-order chi connectivity index (χ1) is 13.2. The van der Waals surface area contributed by atoms with Crippen LogP contribution in [0.15, 0.2) is 41.5 Å². The van der Waals surface area contributed by atoms with Crippen LogP contribution in [0.4, 0.5) is 0 Å². The molecule has 0 saturated carbocycles. The quantitative estimate of drug-likeness (QED) is 0.616. The summed E-state index contributed by atoms with van der Waals surface area (Å²) in [4.78, 5) is 12.3.